The van der Waals surface area contributed by atoms with Crippen LogP contribution in [0.25, 0.3) is 0 Å². The van der Waals surface area contributed by atoms with Crippen molar-refractivity contribution in [3.8, 4) is 6.07 Å². The van der Waals surface area contributed by atoms with E-state index in [1.165, 1.54) is 17.2 Å². The lowest BCUT2D eigenvalue weighted by molar-refractivity contribution is 0.175. The molecule has 0 saturated carbocycles. The number of hydrogen-bond acceptors (Lipinski definition) is 4. The lowest BCUT2D eigenvalue weighted by Gasteiger charge is -2.01. The van der Waals surface area contributed by atoms with Crippen LogP contribution in [0, 0.1) is 11.3 Å². The standard InChI is InChI=1S/C7H8N4O/c1-2-12-5-11-4-10-7(9)6(11)3-8/h2,4H,1,5,9H2. The quantitative estimate of drug-likeness (QED) is 0.658. The summed E-state index contributed by atoms with van der Waals surface area (Å²) in [5.74, 6) is 0.213. The van der Waals surface area contributed by atoms with Crippen molar-refractivity contribution < 1.29 is 4.74 Å². The average molecular weight is 164 g/mol. The highest BCUT2D eigenvalue weighted by atomic mass is 16.5. The van der Waals surface area contributed by atoms with Crippen LogP contribution >= 0.6 is 0 Å². The van der Waals surface area contributed by atoms with E-state index < -0.39 is 0 Å². The molecule has 0 aliphatic rings. The molecule has 0 saturated heterocycles. The van der Waals surface area contributed by atoms with Gasteiger partial charge in [0, 0.05) is 0 Å². The van der Waals surface area contributed by atoms with Crippen molar-refractivity contribution in [1.82, 2.24) is 9.55 Å². The van der Waals surface area contributed by atoms with E-state index in [-0.39, 0.29) is 12.5 Å². The maximum atomic E-state index is 8.62. The van der Waals surface area contributed by atoms with E-state index in [4.69, 9.17) is 15.7 Å². The minimum Gasteiger partial charge on any atom is -0.481 e. The van der Waals surface area contributed by atoms with Gasteiger partial charge in [0.1, 0.15) is 12.4 Å². The van der Waals surface area contributed by atoms with Gasteiger partial charge in [-0.05, 0) is 0 Å². The second-order valence-electron chi connectivity index (χ2n) is 2.02. The Labute approximate surface area is 69.7 Å². The normalized spacial score (nSPS) is 8.92. The molecule has 0 atom stereocenters. The van der Waals surface area contributed by atoms with E-state index >= 15 is 0 Å². The summed E-state index contributed by atoms with van der Waals surface area (Å²) < 4.78 is 6.35. The predicted molar refractivity (Wildman–Crippen MR) is 42.6 cm³/mol. The van der Waals surface area contributed by atoms with Crippen LogP contribution < -0.4 is 5.73 Å². The molecule has 2 N–H and O–H groups in total. The van der Waals surface area contributed by atoms with Crippen LogP contribution in [0.15, 0.2) is 19.2 Å². The molecule has 0 amide bonds. The van der Waals surface area contributed by atoms with E-state index in [0.29, 0.717) is 5.69 Å². The van der Waals surface area contributed by atoms with Crippen LogP contribution in [0.5, 0.6) is 0 Å². The molecule has 0 fully saturated rings. The number of hydrogen-bond donors (Lipinski definition) is 1. The van der Waals surface area contributed by atoms with Crippen molar-refractivity contribution in [1.29, 1.82) is 5.26 Å². The van der Waals surface area contributed by atoms with E-state index in [1.54, 1.807) is 0 Å². The van der Waals surface area contributed by atoms with Gasteiger partial charge in [-0.2, -0.15) is 5.26 Å². The zero-order chi connectivity index (χ0) is 8.97. The fourth-order valence-electron chi connectivity index (χ4n) is 0.750. The smallest absolute Gasteiger partial charge is 0.166 e. The minimum absolute atomic E-state index is 0.205. The van der Waals surface area contributed by atoms with Crippen LogP contribution in [-0.2, 0) is 11.5 Å². The van der Waals surface area contributed by atoms with Crippen LogP contribution in [0.2, 0.25) is 0 Å². The third-order valence-corrected chi connectivity index (χ3v) is 1.30. The van der Waals surface area contributed by atoms with Gasteiger partial charge in [-0.25, -0.2) is 4.98 Å². The highest BCUT2D eigenvalue weighted by molar-refractivity contribution is 5.43. The number of anilines is 1. The van der Waals surface area contributed by atoms with E-state index in [9.17, 15) is 0 Å². The molecule has 5 nitrogen and oxygen atoms in total. The molecule has 1 aromatic rings. The number of nitrogen functional groups attached to an aromatic ring is 1. The van der Waals surface area contributed by atoms with Gasteiger partial charge in [0.05, 0.1) is 6.26 Å². The molecule has 0 aromatic carbocycles. The maximum absolute atomic E-state index is 8.62. The first kappa shape index (κ1) is 8.14. The molecule has 0 bridgehead atoms. The number of nitrogens with two attached hydrogens (primary N) is 1. The number of imidazole rings is 1. The summed E-state index contributed by atoms with van der Waals surface area (Å²) in [5.41, 5.74) is 5.69. The minimum atomic E-state index is 0.205. The van der Waals surface area contributed by atoms with E-state index in [2.05, 4.69) is 11.6 Å². The van der Waals surface area contributed by atoms with Crippen LogP contribution in [0.4, 0.5) is 5.82 Å². The molecular weight excluding hydrogens is 156 g/mol. The summed E-state index contributed by atoms with van der Waals surface area (Å²) in [6, 6.07) is 1.91. The average Bonchev–Trinajstić information content (AvgIpc) is 2.43. The fourth-order valence-corrected chi connectivity index (χ4v) is 0.750. The Bertz CT molecular complexity index is 323. The third kappa shape index (κ3) is 1.37. The van der Waals surface area contributed by atoms with Crippen molar-refractivity contribution in [3.63, 3.8) is 0 Å². The highest BCUT2D eigenvalue weighted by Crippen LogP contribution is 2.07. The summed E-state index contributed by atoms with van der Waals surface area (Å²) in [6.45, 7) is 3.57. The van der Waals surface area contributed by atoms with Gasteiger partial charge in [0.25, 0.3) is 0 Å². The molecule has 62 valence electrons. The number of ether oxygens (including phenoxy) is 1. The third-order valence-electron chi connectivity index (χ3n) is 1.30. The Morgan fingerprint density at radius 2 is 2.67 bits per heavy atom. The first-order valence-electron chi connectivity index (χ1n) is 3.22. The van der Waals surface area contributed by atoms with Gasteiger partial charge in [0.2, 0.25) is 0 Å². The zero-order valence-corrected chi connectivity index (χ0v) is 6.40. The Kier molecular flexibility index (Phi) is 2.33. The van der Waals surface area contributed by atoms with Crippen LogP contribution in [0.1, 0.15) is 5.69 Å². The predicted octanol–water partition coefficient (Wildman–Crippen LogP) is 0.455. The molecule has 0 aliphatic carbocycles. The van der Waals surface area contributed by atoms with Gasteiger partial charge < -0.3 is 10.5 Å². The molecule has 1 heterocycles. The first-order valence-corrected chi connectivity index (χ1v) is 3.22. The highest BCUT2D eigenvalue weighted by Gasteiger charge is 2.05. The molecule has 1 aromatic heterocycles. The SMILES string of the molecule is C=COCn1cnc(N)c1C#N. The van der Waals surface area contributed by atoms with Crippen molar-refractivity contribution in [3.05, 3.63) is 24.9 Å². The summed E-state index contributed by atoms with van der Waals surface area (Å²) >= 11 is 0. The molecule has 0 aliphatic heterocycles. The maximum Gasteiger partial charge on any atom is 0.166 e. The number of nitrogens with zero attached hydrogens (tertiary/aromatic N) is 3. The number of rotatable bonds is 3. The van der Waals surface area contributed by atoms with E-state index in [0.717, 1.165) is 0 Å². The summed E-state index contributed by atoms with van der Waals surface area (Å²) in [5, 5.41) is 8.62. The van der Waals surface area contributed by atoms with Gasteiger partial charge in [-0.1, -0.05) is 6.58 Å². The molecule has 5 heteroatoms. The van der Waals surface area contributed by atoms with E-state index in [1.807, 2.05) is 6.07 Å². The Hall–Kier alpha value is -1.96. The number of aromatic nitrogens is 2. The van der Waals surface area contributed by atoms with Crippen molar-refractivity contribution in [2.45, 2.75) is 6.73 Å². The van der Waals surface area contributed by atoms with Crippen molar-refractivity contribution in [2.24, 2.45) is 0 Å². The lowest BCUT2D eigenvalue weighted by Crippen LogP contribution is -2.01. The lowest BCUT2D eigenvalue weighted by atomic mass is 10.5. The molecule has 1 rings (SSSR count). The molecule has 12 heavy (non-hydrogen) atoms. The molecule has 0 radical (unpaired) electrons. The van der Waals surface area contributed by atoms with Crippen molar-refractivity contribution >= 4 is 5.82 Å². The summed E-state index contributed by atoms with van der Waals surface area (Å²) in [7, 11) is 0. The zero-order valence-electron chi connectivity index (χ0n) is 6.40. The summed E-state index contributed by atoms with van der Waals surface area (Å²) in [6.07, 6.45) is 2.73. The van der Waals surface area contributed by atoms with Crippen LogP contribution in [-0.4, -0.2) is 9.55 Å². The number of nitriles is 1. The molecule has 0 unspecified atom stereocenters. The largest absolute Gasteiger partial charge is 0.481 e. The van der Waals surface area contributed by atoms with Gasteiger partial charge in [0.15, 0.2) is 18.2 Å². The first-order chi connectivity index (χ1) is 5.79. The van der Waals surface area contributed by atoms with Crippen molar-refractivity contribution in [2.75, 3.05) is 5.73 Å². The monoisotopic (exact) mass is 164 g/mol. The Morgan fingerprint density at radius 1 is 1.92 bits per heavy atom. The molecular formula is C7H8N4O. The van der Waals surface area contributed by atoms with Gasteiger partial charge >= 0.3 is 0 Å². The van der Waals surface area contributed by atoms with Gasteiger partial charge in [-0.3, -0.25) is 4.57 Å². The second-order valence-corrected chi connectivity index (χ2v) is 2.02. The Morgan fingerprint density at radius 3 is 3.25 bits per heavy atom. The molecule has 0 spiro atoms. The van der Waals surface area contributed by atoms with Crippen LogP contribution in [0.3, 0.4) is 0 Å². The van der Waals surface area contributed by atoms with Gasteiger partial charge in [-0.15, -0.1) is 0 Å². The second kappa shape index (κ2) is 3.44. The fraction of sp³-hybridized carbons (Fsp3) is 0.143. The Balaban J connectivity index is 2.85. The topological polar surface area (TPSA) is 76.9 Å². The summed E-state index contributed by atoms with van der Waals surface area (Å²) in [4.78, 5) is 3.74.